The third-order valence-electron chi connectivity index (χ3n) is 10.7. The maximum atomic E-state index is 11.4. The van der Waals surface area contributed by atoms with Crippen molar-refractivity contribution in [3.8, 4) is 0 Å². The van der Waals surface area contributed by atoms with Gasteiger partial charge < -0.3 is 83.9 Å². The van der Waals surface area contributed by atoms with E-state index in [1.165, 1.54) is 21.1 Å². The average Bonchev–Trinajstić information content (AvgIpc) is 3.08. The van der Waals surface area contributed by atoms with Crippen molar-refractivity contribution in [1.29, 1.82) is 0 Å². The lowest BCUT2D eigenvalue weighted by Crippen LogP contribution is -2.64. The summed E-state index contributed by atoms with van der Waals surface area (Å²) in [5, 5.41) is 94.9. The lowest BCUT2D eigenvalue weighted by Gasteiger charge is -2.50. The molecular weight excluding hydrogens is 660 g/mol. The number of fused-ring (bicyclic) bond motifs is 1. The average molecular weight is 714 g/mol. The van der Waals surface area contributed by atoms with Crippen molar-refractivity contribution in [2.24, 2.45) is 11.8 Å². The van der Waals surface area contributed by atoms with Gasteiger partial charge in [0.1, 0.15) is 67.6 Å². The van der Waals surface area contributed by atoms with Gasteiger partial charge in [-0.2, -0.15) is 0 Å². The number of ether oxygens (including phenoxy) is 8. The summed E-state index contributed by atoms with van der Waals surface area (Å²) >= 11 is 0. The molecule has 0 bridgehead atoms. The molecule has 5 aliphatic rings. The molecular formula is C31H53O18+. The van der Waals surface area contributed by atoms with E-state index in [0.717, 1.165) is 0 Å². The lowest BCUT2D eigenvalue weighted by molar-refractivity contribution is -0.368. The number of carbonyl (C=O) groups excluding carboxylic acids is 1. The zero-order valence-electron chi connectivity index (χ0n) is 27.7. The van der Waals surface area contributed by atoms with E-state index in [2.05, 4.69) is 0 Å². The summed E-state index contributed by atoms with van der Waals surface area (Å²) in [5.41, 5.74) is 0. The van der Waals surface area contributed by atoms with E-state index in [1.807, 2.05) is 0 Å². The molecule has 0 aromatic carbocycles. The summed E-state index contributed by atoms with van der Waals surface area (Å²) in [6.45, 7) is 0.101. The van der Waals surface area contributed by atoms with E-state index in [-0.39, 0.29) is 25.2 Å². The van der Waals surface area contributed by atoms with Crippen LogP contribution in [0.15, 0.2) is 0 Å². The number of methoxy groups -OCH3 is 2. The Morgan fingerprint density at radius 2 is 1.22 bits per heavy atom. The zero-order chi connectivity index (χ0) is 35.7. The summed E-state index contributed by atoms with van der Waals surface area (Å²) in [6.07, 6.45) is -19.8. The second-order valence-electron chi connectivity index (χ2n) is 13.9. The minimum absolute atomic E-state index is 0.0844. The Morgan fingerprint density at radius 3 is 1.78 bits per heavy atom. The summed E-state index contributed by atoms with van der Waals surface area (Å²) in [4.78, 5) is 11.4. The first kappa shape index (κ1) is 39.0. The quantitative estimate of drug-likeness (QED) is 0.0759. The Labute approximate surface area is 283 Å². The molecule has 18 heteroatoms. The molecule has 18 unspecified atom stereocenters. The van der Waals surface area contributed by atoms with Crippen LogP contribution in [0.5, 0.6) is 0 Å². The highest BCUT2D eigenvalue weighted by Crippen LogP contribution is 2.44. The van der Waals surface area contributed by atoms with Crippen molar-refractivity contribution in [3.63, 3.8) is 0 Å². The summed E-state index contributed by atoms with van der Waals surface area (Å²) in [6, 6.07) is 0. The molecule has 5 rings (SSSR count). The number of hydrogen-bond donors (Lipinski definition) is 9. The third kappa shape index (κ3) is 8.40. The molecule has 49 heavy (non-hydrogen) atoms. The van der Waals surface area contributed by atoms with E-state index in [1.54, 1.807) is 0 Å². The van der Waals surface area contributed by atoms with Crippen LogP contribution in [0.4, 0.5) is 0 Å². The predicted molar refractivity (Wildman–Crippen MR) is 160 cm³/mol. The fourth-order valence-electron chi connectivity index (χ4n) is 8.02. The molecule has 2 saturated carbocycles. The van der Waals surface area contributed by atoms with E-state index < -0.39 is 135 Å². The first-order valence-corrected chi connectivity index (χ1v) is 16.8. The van der Waals surface area contributed by atoms with E-state index in [0.29, 0.717) is 12.8 Å². The zero-order valence-corrected chi connectivity index (χ0v) is 27.7. The van der Waals surface area contributed by atoms with E-state index in [4.69, 9.17) is 37.9 Å². The van der Waals surface area contributed by atoms with Crippen LogP contribution in [0.3, 0.4) is 0 Å². The molecule has 3 saturated heterocycles. The van der Waals surface area contributed by atoms with Crippen LogP contribution in [0.1, 0.15) is 39.0 Å². The molecule has 284 valence electrons. The molecule has 0 radical (unpaired) electrons. The monoisotopic (exact) mass is 713 g/mol. The van der Waals surface area contributed by atoms with Crippen molar-refractivity contribution in [3.05, 3.63) is 0 Å². The largest absolute Gasteiger partial charge is 0.463 e. The maximum Gasteiger partial charge on any atom is 0.302 e. The predicted octanol–water partition coefficient (Wildman–Crippen LogP) is -4.83. The Hall–Kier alpha value is -1.17. The lowest BCUT2D eigenvalue weighted by atomic mass is 9.72. The SMILES string of the molecule is COC1CC(C2[OH+]C3CC(O)CC(OC4OC(COC(C)=O)C(O)C(O)C4O)C3CC2OC2OC(CO)C(O)C(O)C2O)CC(OC)C1O. The first-order chi connectivity index (χ1) is 23.3. The molecule has 0 amide bonds. The summed E-state index contributed by atoms with van der Waals surface area (Å²) in [5.74, 6) is -1.40. The molecule has 3 heterocycles. The molecule has 0 spiro atoms. The van der Waals surface area contributed by atoms with Crippen LogP contribution >= 0.6 is 0 Å². The highest BCUT2D eigenvalue weighted by molar-refractivity contribution is 5.65. The van der Waals surface area contributed by atoms with Crippen LogP contribution in [0.25, 0.3) is 0 Å². The van der Waals surface area contributed by atoms with Gasteiger partial charge in [0.15, 0.2) is 24.8 Å². The van der Waals surface area contributed by atoms with Gasteiger partial charge in [-0.25, -0.2) is 0 Å². The molecule has 18 nitrogen and oxygen atoms in total. The number of hydrogen-bond acceptors (Lipinski definition) is 17. The number of rotatable bonds is 10. The Morgan fingerprint density at radius 1 is 0.673 bits per heavy atom. The van der Waals surface area contributed by atoms with E-state index in [9.17, 15) is 50.8 Å². The van der Waals surface area contributed by atoms with Crippen molar-refractivity contribution in [1.82, 2.24) is 0 Å². The minimum atomic E-state index is -1.70. The second-order valence-corrected chi connectivity index (χ2v) is 13.9. The van der Waals surface area contributed by atoms with Crippen LogP contribution in [-0.2, 0) is 38.0 Å². The molecule has 0 aromatic heterocycles. The van der Waals surface area contributed by atoms with Gasteiger partial charge in [-0.1, -0.05) is 0 Å². The molecule has 10 N–H and O–H groups in total. The smallest absolute Gasteiger partial charge is 0.302 e. The number of aliphatic hydroxyl groups excluding tert-OH is 9. The van der Waals surface area contributed by atoms with Crippen molar-refractivity contribution in [2.45, 2.75) is 149 Å². The number of aliphatic hydroxyl groups is 11. The summed E-state index contributed by atoms with van der Waals surface area (Å²) in [7, 11) is 2.96. The van der Waals surface area contributed by atoms with Crippen LogP contribution < -0.4 is 0 Å². The molecule has 18 atom stereocenters. The third-order valence-corrected chi connectivity index (χ3v) is 10.7. The van der Waals surface area contributed by atoms with E-state index >= 15 is 0 Å². The van der Waals surface area contributed by atoms with Gasteiger partial charge in [0.05, 0.1) is 36.9 Å². The minimum Gasteiger partial charge on any atom is -0.463 e. The highest BCUT2D eigenvalue weighted by Gasteiger charge is 2.57. The van der Waals surface area contributed by atoms with Gasteiger partial charge in [-0.15, -0.1) is 0 Å². The van der Waals surface area contributed by atoms with Gasteiger partial charge >= 0.3 is 5.97 Å². The molecule has 0 aromatic rings. The van der Waals surface area contributed by atoms with Crippen LogP contribution in [0, 0.1) is 11.8 Å². The first-order valence-electron chi connectivity index (χ1n) is 16.8. The highest BCUT2D eigenvalue weighted by atomic mass is 16.7. The Bertz CT molecular complexity index is 1050. The molecule has 3 aliphatic heterocycles. The maximum absolute atomic E-state index is 11.4. The number of esters is 1. The summed E-state index contributed by atoms with van der Waals surface area (Å²) < 4.78 is 45.2. The molecule has 2 aliphatic carbocycles. The standard InChI is InChI=1S/C31H52O18/c1-11(33)44-10-21-24(37)26(39)28(41)30(49-21)46-16-7-13(34)6-15-14(16)8-19(47-31-27(40)25(38)23(36)20(9-32)48-31)29(45-15)12-4-17(42-2)22(35)18(5-12)43-3/h12-32,34-41H,4-10H2,1-3H3/p+1. The Kier molecular flexibility index (Phi) is 13.3. The van der Waals surface area contributed by atoms with Crippen LogP contribution in [0.2, 0.25) is 0 Å². The molecule has 5 fully saturated rings. The van der Waals surface area contributed by atoms with Gasteiger partial charge in [0, 0.05) is 39.9 Å². The van der Waals surface area contributed by atoms with Crippen molar-refractivity contribution < 1.29 is 88.6 Å². The van der Waals surface area contributed by atoms with Gasteiger partial charge in [-0.05, 0) is 19.3 Å². The van der Waals surface area contributed by atoms with Crippen LogP contribution in [-0.4, -0.2) is 194 Å². The normalized spacial score (nSPS) is 50.8. The fraction of sp³-hybridized carbons (Fsp3) is 0.968. The van der Waals surface area contributed by atoms with Gasteiger partial charge in [0.25, 0.3) is 0 Å². The van der Waals surface area contributed by atoms with Crippen molar-refractivity contribution in [2.75, 3.05) is 27.4 Å². The second kappa shape index (κ2) is 16.7. The van der Waals surface area contributed by atoms with Crippen molar-refractivity contribution >= 4 is 5.97 Å². The fourth-order valence-corrected chi connectivity index (χ4v) is 8.02. The van der Waals surface area contributed by atoms with Gasteiger partial charge in [-0.3, -0.25) is 4.79 Å². The Balaban J connectivity index is 1.40. The topological polar surface area (TPSA) is 277 Å². The van der Waals surface area contributed by atoms with Gasteiger partial charge in [0.2, 0.25) is 0 Å². The number of carbonyl (C=O) groups is 1.